The maximum atomic E-state index is 11.7. The second-order valence-corrected chi connectivity index (χ2v) is 3.99. The average Bonchev–Trinajstić information content (AvgIpc) is 2.37. The summed E-state index contributed by atoms with van der Waals surface area (Å²) in [6, 6.07) is 1.04. The first-order chi connectivity index (χ1) is 9.40. The van der Waals surface area contributed by atoms with E-state index >= 15 is 0 Å². The highest BCUT2D eigenvalue weighted by Crippen LogP contribution is 2.04. The molecule has 1 aromatic rings. The number of rotatable bonds is 7. The van der Waals surface area contributed by atoms with E-state index in [2.05, 4.69) is 9.73 Å². The molecule has 0 unspecified atom stereocenters. The number of hydrogen-bond acceptors (Lipinski definition) is 5. The Morgan fingerprint density at radius 2 is 1.95 bits per heavy atom. The summed E-state index contributed by atoms with van der Waals surface area (Å²) in [5.41, 5.74) is -0.619. The summed E-state index contributed by atoms with van der Waals surface area (Å²) in [5, 5.41) is 19.6. The van der Waals surface area contributed by atoms with Gasteiger partial charge in [-0.2, -0.15) is 0 Å². The summed E-state index contributed by atoms with van der Waals surface area (Å²) in [5.74, 6) is -3.01. The van der Waals surface area contributed by atoms with Gasteiger partial charge >= 0.3 is 17.6 Å². The molecule has 1 rings (SSSR count). The molecule has 0 spiro atoms. The molecule has 8 heteroatoms. The van der Waals surface area contributed by atoms with Gasteiger partial charge in [-0.25, -0.2) is 9.59 Å². The molecule has 0 aliphatic heterocycles. The van der Waals surface area contributed by atoms with Gasteiger partial charge in [0.05, 0.1) is 5.56 Å². The van der Waals surface area contributed by atoms with Crippen molar-refractivity contribution in [2.75, 3.05) is 0 Å². The molecule has 8 nitrogen and oxygen atoms in total. The summed E-state index contributed by atoms with van der Waals surface area (Å²) >= 11 is 0. The first-order valence-electron chi connectivity index (χ1n) is 5.74. The molecule has 1 aromatic heterocycles. The van der Waals surface area contributed by atoms with Crippen molar-refractivity contribution in [3.63, 3.8) is 0 Å². The second-order valence-electron chi connectivity index (χ2n) is 3.99. The van der Waals surface area contributed by atoms with Crippen molar-refractivity contribution in [3.8, 4) is 0 Å². The first-order valence-corrected chi connectivity index (χ1v) is 5.74. The monoisotopic (exact) mass is 283 g/mol. The Morgan fingerprint density at radius 3 is 2.45 bits per heavy atom. The van der Waals surface area contributed by atoms with Crippen LogP contribution in [0.3, 0.4) is 0 Å². The maximum absolute atomic E-state index is 11.7. The molecule has 0 saturated carbocycles. The van der Waals surface area contributed by atoms with Crippen LogP contribution in [-0.2, 0) is 9.59 Å². The highest BCUT2D eigenvalue weighted by atomic mass is 16.4. The van der Waals surface area contributed by atoms with Crippen molar-refractivity contribution in [3.05, 3.63) is 34.4 Å². The van der Waals surface area contributed by atoms with Gasteiger partial charge in [0.25, 0.3) is 5.91 Å². The van der Waals surface area contributed by atoms with Crippen LogP contribution in [0.1, 0.15) is 29.6 Å². The summed E-state index contributed by atoms with van der Waals surface area (Å²) in [6.45, 7) is 0. The van der Waals surface area contributed by atoms with Crippen LogP contribution in [0.2, 0.25) is 0 Å². The lowest BCUT2D eigenvalue weighted by Gasteiger charge is -2.13. The Balaban J connectivity index is 2.63. The largest absolute Gasteiger partial charge is 0.481 e. The molecule has 0 radical (unpaired) electrons. The van der Waals surface area contributed by atoms with Crippen LogP contribution in [-0.4, -0.2) is 34.1 Å². The topological polar surface area (TPSA) is 134 Å². The smallest absolute Gasteiger partial charge is 0.335 e. The van der Waals surface area contributed by atoms with Crippen LogP contribution >= 0.6 is 0 Å². The van der Waals surface area contributed by atoms with Gasteiger partial charge in [0, 0.05) is 12.5 Å². The lowest BCUT2D eigenvalue weighted by Crippen LogP contribution is -2.40. The van der Waals surface area contributed by atoms with E-state index in [4.69, 9.17) is 10.2 Å². The summed E-state index contributed by atoms with van der Waals surface area (Å²) in [4.78, 5) is 43.8. The third-order valence-corrected chi connectivity index (χ3v) is 2.45. The number of carboxylic acids is 2. The average molecular weight is 283 g/mol. The van der Waals surface area contributed by atoms with Gasteiger partial charge in [0.1, 0.15) is 12.3 Å². The number of carbonyl (C=O) groups excluding carboxylic acids is 1. The standard InChI is InChI=1S/C12H13NO7/c14-9(15)3-1-2-8(12(18)19)13-11(17)7-4-5-10(16)20-6-7/h4-6,8H,1-3H2,(H,13,17)(H,14,15)(H,18,19)/t8-/m1/s1. The lowest BCUT2D eigenvalue weighted by atomic mass is 10.1. The van der Waals surface area contributed by atoms with Gasteiger partial charge in [-0.3, -0.25) is 9.59 Å². The fourth-order valence-corrected chi connectivity index (χ4v) is 1.44. The van der Waals surface area contributed by atoms with Crippen molar-refractivity contribution >= 4 is 17.8 Å². The Morgan fingerprint density at radius 1 is 1.25 bits per heavy atom. The van der Waals surface area contributed by atoms with Crippen LogP contribution in [0, 0.1) is 0 Å². The third kappa shape index (κ3) is 4.92. The molecule has 1 heterocycles. The predicted octanol–water partition coefficient (Wildman–Crippen LogP) is 0.0777. The highest BCUT2D eigenvalue weighted by molar-refractivity contribution is 5.96. The van der Waals surface area contributed by atoms with E-state index in [9.17, 15) is 19.2 Å². The number of carbonyl (C=O) groups is 3. The molecule has 0 aliphatic carbocycles. The second kappa shape index (κ2) is 7.07. The number of hydrogen-bond donors (Lipinski definition) is 3. The third-order valence-electron chi connectivity index (χ3n) is 2.45. The molecule has 108 valence electrons. The molecule has 0 bridgehead atoms. The molecule has 1 amide bonds. The lowest BCUT2D eigenvalue weighted by molar-refractivity contribution is -0.140. The van der Waals surface area contributed by atoms with E-state index in [-0.39, 0.29) is 24.8 Å². The fraction of sp³-hybridized carbons (Fsp3) is 0.333. The Hall–Kier alpha value is -2.64. The molecular formula is C12H13NO7. The van der Waals surface area contributed by atoms with E-state index in [1.807, 2.05) is 0 Å². The number of aliphatic carboxylic acids is 2. The van der Waals surface area contributed by atoms with Gasteiger partial charge in [-0.15, -0.1) is 0 Å². The van der Waals surface area contributed by atoms with E-state index in [0.29, 0.717) is 0 Å². The Labute approximate surface area is 113 Å². The molecule has 20 heavy (non-hydrogen) atoms. The molecular weight excluding hydrogens is 270 g/mol. The van der Waals surface area contributed by atoms with Crippen molar-refractivity contribution in [2.45, 2.75) is 25.3 Å². The Kier molecular flexibility index (Phi) is 5.45. The molecule has 0 fully saturated rings. The van der Waals surface area contributed by atoms with Crippen LogP contribution in [0.5, 0.6) is 0 Å². The zero-order chi connectivity index (χ0) is 15.1. The van der Waals surface area contributed by atoms with Crippen molar-refractivity contribution in [1.29, 1.82) is 0 Å². The number of carboxylic acid groups (broad SMARTS) is 2. The van der Waals surface area contributed by atoms with Gasteiger partial charge < -0.3 is 19.9 Å². The molecule has 1 atom stereocenters. The zero-order valence-electron chi connectivity index (χ0n) is 10.4. The van der Waals surface area contributed by atoms with Crippen LogP contribution in [0.15, 0.2) is 27.6 Å². The van der Waals surface area contributed by atoms with Gasteiger partial charge in [-0.1, -0.05) is 0 Å². The number of nitrogens with one attached hydrogen (secondary N) is 1. The van der Waals surface area contributed by atoms with Crippen molar-refractivity contribution < 1.29 is 29.0 Å². The molecule has 0 aromatic carbocycles. The first kappa shape index (κ1) is 15.4. The highest BCUT2D eigenvalue weighted by Gasteiger charge is 2.21. The minimum atomic E-state index is -1.26. The van der Waals surface area contributed by atoms with Crippen molar-refractivity contribution in [2.24, 2.45) is 0 Å². The minimum absolute atomic E-state index is 0.00841. The summed E-state index contributed by atoms with van der Waals surface area (Å²) in [6.07, 6.45) is 0.855. The van der Waals surface area contributed by atoms with Crippen LogP contribution in [0.4, 0.5) is 0 Å². The SMILES string of the molecule is O=C(O)CCC[C@@H](NC(=O)c1ccc(=O)oc1)C(=O)O. The van der Waals surface area contributed by atoms with Crippen LogP contribution < -0.4 is 10.9 Å². The Bertz CT molecular complexity index is 543. The van der Waals surface area contributed by atoms with E-state index in [1.165, 1.54) is 6.07 Å². The van der Waals surface area contributed by atoms with E-state index in [1.54, 1.807) is 0 Å². The van der Waals surface area contributed by atoms with Crippen LogP contribution in [0.25, 0.3) is 0 Å². The minimum Gasteiger partial charge on any atom is -0.481 e. The molecule has 3 N–H and O–H groups in total. The molecule has 0 aliphatic rings. The van der Waals surface area contributed by atoms with Gasteiger partial charge in [0.15, 0.2) is 0 Å². The van der Waals surface area contributed by atoms with Crippen molar-refractivity contribution in [1.82, 2.24) is 5.32 Å². The molecule has 0 saturated heterocycles. The zero-order valence-corrected chi connectivity index (χ0v) is 10.4. The van der Waals surface area contributed by atoms with E-state index < -0.39 is 29.5 Å². The fourth-order valence-electron chi connectivity index (χ4n) is 1.44. The van der Waals surface area contributed by atoms with E-state index in [0.717, 1.165) is 12.3 Å². The summed E-state index contributed by atoms with van der Waals surface area (Å²) < 4.78 is 4.49. The number of amides is 1. The normalized spacial score (nSPS) is 11.6. The summed E-state index contributed by atoms with van der Waals surface area (Å²) in [7, 11) is 0. The van der Waals surface area contributed by atoms with Gasteiger partial charge in [-0.05, 0) is 18.9 Å². The maximum Gasteiger partial charge on any atom is 0.335 e. The quantitative estimate of drug-likeness (QED) is 0.644. The van der Waals surface area contributed by atoms with Gasteiger partial charge in [0.2, 0.25) is 0 Å². The predicted molar refractivity (Wildman–Crippen MR) is 65.4 cm³/mol.